The molecule has 0 aromatic rings. The zero-order chi connectivity index (χ0) is 6.95. The minimum absolute atomic E-state index is 0.0564. The van der Waals surface area contributed by atoms with Gasteiger partial charge >= 0.3 is 0 Å². The van der Waals surface area contributed by atoms with Crippen molar-refractivity contribution in [1.29, 1.82) is 0 Å². The van der Waals surface area contributed by atoms with Crippen LogP contribution in [0.3, 0.4) is 0 Å². The minimum Gasteiger partial charge on any atom is -0.394 e. The third kappa shape index (κ3) is 8.17. The molecule has 0 aromatic heterocycles. The summed E-state index contributed by atoms with van der Waals surface area (Å²) in [4.78, 5) is 0. The number of aliphatic hydroxyl groups is 1. The van der Waals surface area contributed by atoms with Crippen LogP contribution in [-0.2, 0) is 9.47 Å². The summed E-state index contributed by atoms with van der Waals surface area (Å²) >= 11 is 5.19. The number of hydrogen-bond acceptors (Lipinski definition) is 3. The second-order valence-corrected chi connectivity index (χ2v) is 1.57. The maximum atomic E-state index is 8.23. The summed E-state index contributed by atoms with van der Waals surface area (Å²) in [5.41, 5.74) is 0. The Labute approximate surface area is 59.5 Å². The van der Waals surface area contributed by atoms with Gasteiger partial charge in [0.2, 0.25) is 0 Å². The summed E-state index contributed by atoms with van der Waals surface area (Å²) < 4.78 is 9.59. The SMILES string of the molecule is OCCOCCOCCl. The lowest BCUT2D eigenvalue weighted by molar-refractivity contribution is 0.0455. The molecule has 0 unspecified atom stereocenters. The molecule has 0 aliphatic heterocycles. The van der Waals surface area contributed by atoms with Gasteiger partial charge in [0.1, 0.15) is 6.07 Å². The highest BCUT2D eigenvalue weighted by molar-refractivity contribution is 6.17. The van der Waals surface area contributed by atoms with Gasteiger partial charge in [0.25, 0.3) is 0 Å². The number of aliphatic hydroxyl groups excluding tert-OH is 1. The first-order chi connectivity index (χ1) is 4.41. The molecule has 0 fully saturated rings. The van der Waals surface area contributed by atoms with E-state index in [1.54, 1.807) is 0 Å². The Bertz CT molecular complexity index is 45.5. The highest BCUT2D eigenvalue weighted by atomic mass is 35.5. The number of rotatable bonds is 6. The van der Waals surface area contributed by atoms with Crippen molar-refractivity contribution in [3.63, 3.8) is 0 Å². The van der Waals surface area contributed by atoms with Gasteiger partial charge in [0.05, 0.1) is 26.4 Å². The molecule has 1 N–H and O–H groups in total. The first-order valence-electron chi connectivity index (χ1n) is 2.74. The fourth-order valence-corrected chi connectivity index (χ4v) is 0.448. The standard InChI is InChI=1S/C5H11ClO3/c6-5-9-4-3-8-2-1-7/h7H,1-5H2. The Hall–Kier alpha value is 0.170. The van der Waals surface area contributed by atoms with Gasteiger partial charge in [0.15, 0.2) is 0 Å². The summed E-state index contributed by atoms with van der Waals surface area (Å²) in [5, 5.41) is 8.23. The van der Waals surface area contributed by atoms with Gasteiger partial charge in [-0.2, -0.15) is 0 Å². The smallest absolute Gasteiger partial charge is 0.120 e. The predicted octanol–water partition coefficient (Wildman–Crippen LogP) is 0.208. The Morgan fingerprint density at radius 3 is 2.33 bits per heavy atom. The van der Waals surface area contributed by atoms with E-state index in [9.17, 15) is 0 Å². The minimum atomic E-state index is 0.0564. The van der Waals surface area contributed by atoms with E-state index < -0.39 is 0 Å². The zero-order valence-electron chi connectivity index (χ0n) is 5.18. The first-order valence-corrected chi connectivity index (χ1v) is 3.27. The van der Waals surface area contributed by atoms with Crippen LogP contribution in [-0.4, -0.2) is 37.6 Å². The van der Waals surface area contributed by atoms with Crippen molar-refractivity contribution in [1.82, 2.24) is 0 Å². The highest BCUT2D eigenvalue weighted by Crippen LogP contribution is 1.79. The Morgan fingerprint density at radius 1 is 1.11 bits per heavy atom. The Kier molecular flexibility index (Phi) is 8.32. The van der Waals surface area contributed by atoms with Crippen LogP contribution in [0.5, 0.6) is 0 Å². The molecule has 0 aromatic carbocycles. The Balaban J connectivity index is 2.60. The molecule has 0 saturated heterocycles. The van der Waals surface area contributed by atoms with Gasteiger partial charge in [-0.1, -0.05) is 11.6 Å². The molecule has 0 amide bonds. The molecule has 0 radical (unpaired) electrons. The summed E-state index contributed by atoms with van der Waals surface area (Å²) in [6.45, 7) is 1.41. The third-order valence-corrected chi connectivity index (χ3v) is 0.839. The zero-order valence-corrected chi connectivity index (χ0v) is 5.93. The van der Waals surface area contributed by atoms with E-state index in [1.165, 1.54) is 0 Å². The van der Waals surface area contributed by atoms with E-state index in [1.807, 2.05) is 0 Å². The Morgan fingerprint density at radius 2 is 1.78 bits per heavy atom. The number of halogens is 1. The van der Waals surface area contributed by atoms with E-state index in [4.69, 9.17) is 26.2 Å². The summed E-state index contributed by atoms with van der Waals surface area (Å²) in [7, 11) is 0. The maximum absolute atomic E-state index is 8.23. The van der Waals surface area contributed by atoms with Crippen LogP contribution < -0.4 is 0 Å². The van der Waals surface area contributed by atoms with E-state index >= 15 is 0 Å². The molecular weight excluding hydrogens is 144 g/mol. The lowest BCUT2D eigenvalue weighted by atomic mass is 10.7. The fourth-order valence-electron chi connectivity index (χ4n) is 0.339. The summed E-state index contributed by atoms with van der Waals surface area (Å²) in [5.74, 6) is 0. The highest BCUT2D eigenvalue weighted by Gasteiger charge is 1.85. The summed E-state index contributed by atoms with van der Waals surface area (Å²) in [6.07, 6.45) is 0. The maximum Gasteiger partial charge on any atom is 0.120 e. The van der Waals surface area contributed by atoms with E-state index in [2.05, 4.69) is 0 Å². The van der Waals surface area contributed by atoms with Gasteiger partial charge in [-0.05, 0) is 0 Å². The third-order valence-electron chi connectivity index (χ3n) is 0.685. The van der Waals surface area contributed by atoms with Crippen molar-refractivity contribution in [3.8, 4) is 0 Å². The largest absolute Gasteiger partial charge is 0.394 e. The quantitative estimate of drug-likeness (QED) is 0.439. The van der Waals surface area contributed by atoms with Gasteiger partial charge in [-0.25, -0.2) is 0 Å². The topological polar surface area (TPSA) is 38.7 Å². The fraction of sp³-hybridized carbons (Fsp3) is 1.00. The molecule has 56 valence electrons. The van der Waals surface area contributed by atoms with Crippen LogP contribution in [0.4, 0.5) is 0 Å². The first kappa shape index (κ1) is 9.17. The number of ether oxygens (including phenoxy) is 2. The van der Waals surface area contributed by atoms with Crippen molar-refractivity contribution in [2.45, 2.75) is 0 Å². The normalized spacial score (nSPS) is 10.0. The predicted molar refractivity (Wildman–Crippen MR) is 34.6 cm³/mol. The lowest BCUT2D eigenvalue weighted by Crippen LogP contribution is -2.06. The van der Waals surface area contributed by atoms with Crippen molar-refractivity contribution < 1.29 is 14.6 Å². The molecular formula is C5H11ClO3. The van der Waals surface area contributed by atoms with E-state index in [0.29, 0.717) is 19.8 Å². The number of alkyl halides is 1. The van der Waals surface area contributed by atoms with Crippen LogP contribution in [0, 0.1) is 0 Å². The molecule has 0 heterocycles. The molecule has 0 aliphatic carbocycles. The van der Waals surface area contributed by atoms with Crippen molar-refractivity contribution >= 4 is 11.6 Å². The van der Waals surface area contributed by atoms with Gasteiger partial charge < -0.3 is 14.6 Å². The van der Waals surface area contributed by atoms with Gasteiger partial charge in [0, 0.05) is 0 Å². The monoisotopic (exact) mass is 154 g/mol. The summed E-state index contributed by atoms with van der Waals surface area (Å²) in [6, 6.07) is 0.197. The van der Waals surface area contributed by atoms with Crippen LogP contribution in [0.1, 0.15) is 0 Å². The second kappa shape index (κ2) is 8.17. The van der Waals surface area contributed by atoms with Crippen LogP contribution in [0.2, 0.25) is 0 Å². The average molecular weight is 155 g/mol. The molecule has 3 nitrogen and oxygen atoms in total. The van der Waals surface area contributed by atoms with E-state index in [0.717, 1.165) is 0 Å². The van der Waals surface area contributed by atoms with Crippen molar-refractivity contribution in [3.05, 3.63) is 0 Å². The van der Waals surface area contributed by atoms with Crippen LogP contribution in [0.25, 0.3) is 0 Å². The molecule has 0 rings (SSSR count). The average Bonchev–Trinajstić information content (AvgIpc) is 1.89. The molecule has 0 atom stereocenters. The molecule has 4 heteroatoms. The van der Waals surface area contributed by atoms with E-state index in [-0.39, 0.29) is 12.7 Å². The number of hydrogen-bond donors (Lipinski definition) is 1. The molecule has 0 bridgehead atoms. The second-order valence-electron chi connectivity index (χ2n) is 1.35. The van der Waals surface area contributed by atoms with Crippen molar-refractivity contribution in [2.24, 2.45) is 0 Å². The van der Waals surface area contributed by atoms with Gasteiger partial charge in [-0.3, -0.25) is 0 Å². The molecule has 9 heavy (non-hydrogen) atoms. The van der Waals surface area contributed by atoms with Crippen LogP contribution in [0.15, 0.2) is 0 Å². The molecule has 0 saturated carbocycles. The van der Waals surface area contributed by atoms with Crippen molar-refractivity contribution in [2.75, 3.05) is 32.5 Å². The lowest BCUT2D eigenvalue weighted by Gasteiger charge is -1.99. The molecule has 0 aliphatic rings. The molecule has 0 spiro atoms. The van der Waals surface area contributed by atoms with Crippen LogP contribution >= 0.6 is 11.6 Å². The van der Waals surface area contributed by atoms with Gasteiger partial charge in [-0.15, -0.1) is 0 Å².